The van der Waals surface area contributed by atoms with Crippen LogP contribution in [-0.4, -0.2) is 18.0 Å². The third-order valence-electron chi connectivity index (χ3n) is 2.25. The molecule has 1 aromatic carbocycles. The lowest BCUT2D eigenvalue weighted by molar-refractivity contribution is -0.269. The zero-order chi connectivity index (χ0) is 15.6. The molecule has 0 saturated carbocycles. The third kappa shape index (κ3) is 3.36. The van der Waals surface area contributed by atoms with Gasteiger partial charge in [-0.2, -0.15) is 27.2 Å². The van der Waals surface area contributed by atoms with Gasteiger partial charge in [0.15, 0.2) is 0 Å². The van der Waals surface area contributed by atoms with Gasteiger partial charge in [0, 0.05) is 5.02 Å². The van der Waals surface area contributed by atoms with Gasteiger partial charge in [0.1, 0.15) is 6.04 Å². The number of carbonyl (C=O) groups excluding carboxylic acids is 1. The molecule has 0 spiro atoms. The van der Waals surface area contributed by atoms with Gasteiger partial charge in [-0.15, -0.1) is 0 Å². The van der Waals surface area contributed by atoms with Crippen LogP contribution >= 0.6 is 11.6 Å². The van der Waals surface area contributed by atoms with E-state index < -0.39 is 24.0 Å². The van der Waals surface area contributed by atoms with E-state index in [9.17, 15) is 26.7 Å². The van der Waals surface area contributed by atoms with Crippen LogP contribution in [0.25, 0.3) is 0 Å². The number of rotatable bonds is 3. The predicted molar refractivity (Wildman–Crippen MR) is 59.0 cm³/mol. The smallest absolute Gasteiger partial charge is 0.331 e. The largest absolute Gasteiger partial charge is 0.463 e. The highest BCUT2D eigenvalue weighted by Gasteiger charge is 2.63. The second-order valence-electron chi connectivity index (χ2n) is 3.66. The molecule has 0 saturated heterocycles. The van der Waals surface area contributed by atoms with Gasteiger partial charge in [-0.3, -0.25) is 4.79 Å². The van der Waals surface area contributed by atoms with Crippen LogP contribution in [0.2, 0.25) is 5.02 Å². The van der Waals surface area contributed by atoms with Crippen molar-refractivity contribution in [2.45, 2.75) is 18.1 Å². The first-order chi connectivity index (χ1) is 9.09. The van der Waals surface area contributed by atoms with Crippen LogP contribution in [0.5, 0.6) is 0 Å². The molecular formula is C11H6ClF5N2O. The van der Waals surface area contributed by atoms with Crippen molar-refractivity contribution >= 4 is 17.5 Å². The molecule has 1 N–H and O–H groups in total. The molecule has 1 atom stereocenters. The van der Waals surface area contributed by atoms with Crippen molar-refractivity contribution in [3.8, 4) is 6.07 Å². The van der Waals surface area contributed by atoms with Crippen molar-refractivity contribution in [3.05, 3.63) is 34.9 Å². The van der Waals surface area contributed by atoms with Gasteiger partial charge in [0.05, 0.1) is 6.07 Å². The maximum atomic E-state index is 12.7. The Labute approximate surface area is 114 Å². The fourth-order valence-corrected chi connectivity index (χ4v) is 1.32. The van der Waals surface area contributed by atoms with Crippen LogP contribution in [0.3, 0.4) is 0 Å². The molecular weight excluding hydrogens is 307 g/mol. The number of nitriles is 1. The van der Waals surface area contributed by atoms with Gasteiger partial charge in [-0.25, -0.2) is 0 Å². The number of hydrogen-bond acceptors (Lipinski definition) is 2. The SMILES string of the molecule is N#CC(NC(=O)C(F)(F)C(F)(F)F)c1ccc(Cl)cc1. The predicted octanol–water partition coefficient (Wildman–Crippen LogP) is 3.22. The number of halogens is 6. The van der Waals surface area contributed by atoms with Gasteiger partial charge < -0.3 is 5.32 Å². The summed E-state index contributed by atoms with van der Waals surface area (Å²) in [5.74, 6) is -8.17. The number of carbonyl (C=O) groups is 1. The second-order valence-corrected chi connectivity index (χ2v) is 4.10. The van der Waals surface area contributed by atoms with E-state index in [1.807, 2.05) is 0 Å². The van der Waals surface area contributed by atoms with E-state index in [0.29, 0.717) is 0 Å². The molecule has 1 unspecified atom stereocenters. The van der Waals surface area contributed by atoms with Crippen molar-refractivity contribution in [3.63, 3.8) is 0 Å². The summed E-state index contributed by atoms with van der Waals surface area (Å²) in [6.07, 6.45) is -6.03. The maximum Gasteiger partial charge on any atom is 0.463 e. The summed E-state index contributed by atoms with van der Waals surface area (Å²) in [7, 11) is 0. The second kappa shape index (κ2) is 5.63. The van der Waals surface area contributed by atoms with Crippen molar-refractivity contribution in [2.24, 2.45) is 0 Å². The van der Waals surface area contributed by atoms with Crippen LogP contribution in [0.4, 0.5) is 22.0 Å². The van der Waals surface area contributed by atoms with Gasteiger partial charge >= 0.3 is 18.0 Å². The Morgan fingerprint density at radius 3 is 2.10 bits per heavy atom. The van der Waals surface area contributed by atoms with Crippen LogP contribution in [-0.2, 0) is 4.79 Å². The fourth-order valence-electron chi connectivity index (χ4n) is 1.20. The number of amides is 1. The van der Waals surface area contributed by atoms with Crippen molar-refractivity contribution in [2.75, 3.05) is 0 Å². The maximum absolute atomic E-state index is 12.7. The summed E-state index contributed by atoms with van der Waals surface area (Å²) in [5, 5.41) is 10.4. The molecule has 0 aliphatic heterocycles. The highest BCUT2D eigenvalue weighted by atomic mass is 35.5. The van der Waals surface area contributed by atoms with E-state index in [2.05, 4.69) is 0 Å². The molecule has 3 nitrogen and oxygen atoms in total. The topological polar surface area (TPSA) is 52.9 Å². The van der Waals surface area contributed by atoms with Gasteiger partial charge in [0.25, 0.3) is 0 Å². The van der Waals surface area contributed by atoms with Gasteiger partial charge in [-0.1, -0.05) is 23.7 Å². The van der Waals surface area contributed by atoms with Crippen molar-refractivity contribution < 1.29 is 26.7 Å². The lowest BCUT2D eigenvalue weighted by Gasteiger charge is -2.20. The first-order valence-corrected chi connectivity index (χ1v) is 5.38. The summed E-state index contributed by atoms with van der Waals surface area (Å²) in [6, 6.07) is 4.82. The molecule has 0 aliphatic rings. The zero-order valence-corrected chi connectivity index (χ0v) is 10.3. The normalized spacial score (nSPS) is 13.4. The van der Waals surface area contributed by atoms with E-state index in [4.69, 9.17) is 16.9 Å². The summed E-state index contributed by atoms with van der Waals surface area (Å²) < 4.78 is 61.4. The zero-order valence-electron chi connectivity index (χ0n) is 9.51. The quantitative estimate of drug-likeness (QED) is 0.871. The Morgan fingerprint density at radius 2 is 1.70 bits per heavy atom. The van der Waals surface area contributed by atoms with Gasteiger partial charge in [-0.05, 0) is 17.7 Å². The van der Waals surface area contributed by atoms with E-state index >= 15 is 0 Å². The average molecular weight is 313 g/mol. The Balaban J connectivity index is 2.93. The molecule has 1 amide bonds. The Bertz CT molecular complexity index is 535. The van der Waals surface area contributed by atoms with E-state index in [-0.39, 0.29) is 10.6 Å². The molecule has 20 heavy (non-hydrogen) atoms. The number of nitrogens with zero attached hydrogens (tertiary/aromatic N) is 1. The third-order valence-corrected chi connectivity index (χ3v) is 2.50. The number of benzene rings is 1. The first kappa shape index (κ1) is 16.2. The highest BCUT2D eigenvalue weighted by molar-refractivity contribution is 6.30. The lowest BCUT2D eigenvalue weighted by Crippen LogP contribution is -2.51. The van der Waals surface area contributed by atoms with E-state index in [0.717, 1.165) is 0 Å². The molecule has 0 fully saturated rings. The molecule has 0 bridgehead atoms. The molecule has 0 heterocycles. The standard InChI is InChI=1S/C11H6ClF5N2O/c12-7-3-1-6(2-4-7)8(5-18)19-9(20)10(13,14)11(15,16)17/h1-4,8H,(H,19,20). The molecule has 1 aromatic rings. The number of hydrogen-bond donors (Lipinski definition) is 1. The summed E-state index contributed by atoms with van der Waals surface area (Å²) in [5.41, 5.74) is 0.0308. The summed E-state index contributed by atoms with van der Waals surface area (Å²) in [6.45, 7) is 0. The summed E-state index contributed by atoms with van der Waals surface area (Å²) >= 11 is 5.56. The molecule has 0 aromatic heterocycles. The van der Waals surface area contributed by atoms with Crippen molar-refractivity contribution in [1.29, 1.82) is 5.26 Å². The molecule has 0 radical (unpaired) electrons. The Morgan fingerprint density at radius 1 is 1.20 bits per heavy atom. The number of nitrogens with one attached hydrogen (secondary N) is 1. The van der Waals surface area contributed by atoms with Crippen LogP contribution in [0.1, 0.15) is 11.6 Å². The number of alkyl halides is 5. The average Bonchev–Trinajstić information content (AvgIpc) is 2.35. The Hall–Kier alpha value is -1.88. The summed E-state index contributed by atoms with van der Waals surface area (Å²) in [4.78, 5) is 11.0. The van der Waals surface area contributed by atoms with Crippen molar-refractivity contribution in [1.82, 2.24) is 5.32 Å². The molecule has 0 aliphatic carbocycles. The van der Waals surface area contributed by atoms with Crippen LogP contribution < -0.4 is 5.32 Å². The minimum Gasteiger partial charge on any atom is -0.331 e. The minimum atomic E-state index is -6.03. The first-order valence-electron chi connectivity index (χ1n) is 5.00. The van der Waals surface area contributed by atoms with Crippen LogP contribution in [0, 0.1) is 11.3 Å². The fraction of sp³-hybridized carbons (Fsp3) is 0.273. The van der Waals surface area contributed by atoms with Gasteiger partial charge in [0.2, 0.25) is 0 Å². The monoisotopic (exact) mass is 312 g/mol. The van der Waals surface area contributed by atoms with Crippen LogP contribution in [0.15, 0.2) is 24.3 Å². The highest BCUT2D eigenvalue weighted by Crippen LogP contribution is 2.36. The van der Waals surface area contributed by atoms with E-state index in [1.165, 1.54) is 35.7 Å². The molecule has 108 valence electrons. The lowest BCUT2D eigenvalue weighted by atomic mass is 10.1. The Kier molecular flexibility index (Phi) is 4.55. The molecule has 1 rings (SSSR count). The molecule has 9 heteroatoms. The van der Waals surface area contributed by atoms with E-state index in [1.54, 1.807) is 0 Å². The minimum absolute atomic E-state index is 0.0308.